The molecular formula is C20H21ClN6O3. The summed E-state index contributed by atoms with van der Waals surface area (Å²) in [6, 6.07) is 3.11. The molecule has 5 rings (SSSR count). The lowest BCUT2D eigenvalue weighted by Gasteiger charge is -2.28. The predicted octanol–water partition coefficient (Wildman–Crippen LogP) is 2.38. The van der Waals surface area contributed by atoms with Crippen LogP contribution in [0, 0.1) is 5.92 Å². The molecule has 0 atom stereocenters. The van der Waals surface area contributed by atoms with Crippen molar-refractivity contribution in [1.29, 1.82) is 0 Å². The molecule has 0 saturated heterocycles. The molecule has 3 heterocycles. The van der Waals surface area contributed by atoms with Crippen LogP contribution >= 0.6 is 11.6 Å². The summed E-state index contributed by atoms with van der Waals surface area (Å²) in [7, 11) is 1.69. The average molecular weight is 429 g/mol. The maximum atomic E-state index is 13.5. The van der Waals surface area contributed by atoms with Crippen molar-refractivity contribution in [2.24, 2.45) is 5.92 Å². The maximum Gasteiger partial charge on any atom is 0.277 e. The van der Waals surface area contributed by atoms with Crippen molar-refractivity contribution in [2.45, 2.75) is 44.2 Å². The Bertz CT molecular complexity index is 1120. The molecule has 0 radical (unpaired) electrons. The van der Waals surface area contributed by atoms with Crippen LogP contribution in [0.5, 0.6) is 0 Å². The molecule has 0 unspecified atom stereocenters. The lowest BCUT2D eigenvalue weighted by atomic mass is 10.1. The van der Waals surface area contributed by atoms with Crippen LogP contribution in [0.25, 0.3) is 0 Å². The number of nitrogens with zero attached hydrogens (tertiary/aromatic N) is 4. The minimum Gasteiger partial charge on any atom is -0.327 e. The molecule has 9 nitrogen and oxygen atoms in total. The Balaban J connectivity index is 1.54. The van der Waals surface area contributed by atoms with Gasteiger partial charge < -0.3 is 15.5 Å². The van der Waals surface area contributed by atoms with E-state index in [4.69, 9.17) is 11.6 Å². The average Bonchev–Trinajstić information content (AvgIpc) is 3.41. The van der Waals surface area contributed by atoms with Crippen molar-refractivity contribution >= 4 is 40.7 Å². The van der Waals surface area contributed by atoms with E-state index in [-0.39, 0.29) is 34.0 Å². The molecule has 2 aromatic heterocycles. The van der Waals surface area contributed by atoms with Gasteiger partial charge in [-0.3, -0.25) is 19.0 Å². The topological polar surface area (TPSA) is 109 Å². The fourth-order valence-corrected chi connectivity index (χ4v) is 4.64. The number of aromatic nitrogens is 3. The molecule has 0 aromatic carbocycles. The third kappa shape index (κ3) is 2.96. The number of fused-ring (bicyclic) bond motifs is 2. The van der Waals surface area contributed by atoms with Gasteiger partial charge >= 0.3 is 0 Å². The number of rotatable bonds is 4. The molecule has 3 aliphatic rings. The van der Waals surface area contributed by atoms with E-state index < -0.39 is 5.66 Å². The van der Waals surface area contributed by atoms with Crippen LogP contribution in [0.3, 0.4) is 0 Å². The summed E-state index contributed by atoms with van der Waals surface area (Å²) < 4.78 is 1.52. The largest absolute Gasteiger partial charge is 0.327 e. The number of anilines is 3. The third-order valence-electron chi connectivity index (χ3n) is 6.11. The number of nitrogens with one attached hydrogen (secondary N) is 2. The lowest BCUT2D eigenvalue weighted by molar-refractivity contribution is -0.117. The first-order valence-corrected chi connectivity index (χ1v) is 10.4. The molecule has 156 valence electrons. The van der Waals surface area contributed by atoms with Gasteiger partial charge in [-0.15, -0.1) is 0 Å². The van der Waals surface area contributed by atoms with Gasteiger partial charge in [0.25, 0.3) is 11.5 Å². The van der Waals surface area contributed by atoms with E-state index in [0.29, 0.717) is 30.2 Å². The summed E-state index contributed by atoms with van der Waals surface area (Å²) in [5.41, 5.74) is -0.510. The minimum absolute atomic E-state index is 0.0499. The Hall–Kier alpha value is -2.94. The van der Waals surface area contributed by atoms with Crippen molar-refractivity contribution in [3.8, 4) is 0 Å². The van der Waals surface area contributed by atoms with Crippen molar-refractivity contribution in [3.05, 3.63) is 39.5 Å². The summed E-state index contributed by atoms with van der Waals surface area (Å²) in [5, 5.41) is 5.98. The number of hydrogen-bond acceptors (Lipinski definition) is 6. The Kier molecular flexibility index (Phi) is 4.32. The van der Waals surface area contributed by atoms with Gasteiger partial charge in [0.15, 0.2) is 0 Å². The van der Waals surface area contributed by atoms with Crippen LogP contribution in [0.2, 0.25) is 5.02 Å². The first-order chi connectivity index (χ1) is 14.4. The molecule has 10 heteroatoms. The fourth-order valence-electron chi connectivity index (χ4n) is 4.36. The Labute approximate surface area is 177 Å². The highest BCUT2D eigenvalue weighted by Gasteiger charge is 2.47. The Morgan fingerprint density at radius 2 is 2.00 bits per heavy atom. The van der Waals surface area contributed by atoms with Crippen molar-refractivity contribution in [2.75, 3.05) is 17.3 Å². The number of hydrogen-bond donors (Lipinski definition) is 2. The zero-order valence-corrected chi connectivity index (χ0v) is 17.2. The second kappa shape index (κ2) is 6.80. The molecule has 1 aliphatic heterocycles. The van der Waals surface area contributed by atoms with Crippen LogP contribution in [0.1, 0.15) is 49.0 Å². The van der Waals surface area contributed by atoms with Crippen LogP contribution in [-0.2, 0) is 10.5 Å². The molecule has 2 aromatic rings. The highest BCUT2D eigenvalue weighted by molar-refractivity contribution is 6.34. The van der Waals surface area contributed by atoms with Gasteiger partial charge in [-0.05, 0) is 44.6 Å². The highest BCUT2D eigenvalue weighted by atomic mass is 35.5. The summed E-state index contributed by atoms with van der Waals surface area (Å²) in [6.45, 7) is 0. The molecule has 2 N–H and O–H groups in total. The number of amides is 2. The van der Waals surface area contributed by atoms with Gasteiger partial charge in [0.1, 0.15) is 35.0 Å². The van der Waals surface area contributed by atoms with Crippen LogP contribution < -0.4 is 21.1 Å². The first-order valence-electron chi connectivity index (χ1n) is 10.0. The normalized spacial score (nSPS) is 18.9. The van der Waals surface area contributed by atoms with Gasteiger partial charge in [-0.25, -0.2) is 9.97 Å². The van der Waals surface area contributed by atoms with Gasteiger partial charge in [0, 0.05) is 19.0 Å². The zero-order chi connectivity index (χ0) is 21.0. The van der Waals surface area contributed by atoms with E-state index in [1.165, 1.54) is 17.0 Å². The molecular weight excluding hydrogens is 408 g/mol. The molecule has 2 amide bonds. The van der Waals surface area contributed by atoms with Crippen LogP contribution in [0.4, 0.5) is 17.3 Å². The smallest absolute Gasteiger partial charge is 0.277 e. The van der Waals surface area contributed by atoms with Crippen LogP contribution in [0.15, 0.2) is 23.3 Å². The summed E-state index contributed by atoms with van der Waals surface area (Å²) >= 11 is 6.44. The van der Waals surface area contributed by atoms with Gasteiger partial charge in [0.2, 0.25) is 5.91 Å². The lowest BCUT2D eigenvalue weighted by Crippen LogP contribution is -2.45. The first kappa shape index (κ1) is 19.0. The van der Waals surface area contributed by atoms with E-state index in [1.807, 2.05) is 0 Å². The number of pyridine rings is 1. The monoisotopic (exact) mass is 428 g/mol. The maximum absolute atomic E-state index is 13.5. The molecule has 0 bridgehead atoms. The van der Waals surface area contributed by atoms with Gasteiger partial charge in [0.05, 0.1) is 5.02 Å². The molecule has 30 heavy (non-hydrogen) atoms. The number of halogens is 1. The Morgan fingerprint density at radius 3 is 2.70 bits per heavy atom. The van der Waals surface area contributed by atoms with E-state index in [2.05, 4.69) is 20.6 Å². The Morgan fingerprint density at radius 1 is 1.27 bits per heavy atom. The summed E-state index contributed by atoms with van der Waals surface area (Å²) in [4.78, 5) is 48.0. The third-order valence-corrected chi connectivity index (χ3v) is 6.40. The van der Waals surface area contributed by atoms with E-state index >= 15 is 0 Å². The zero-order valence-electron chi connectivity index (χ0n) is 16.4. The summed E-state index contributed by atoms with van der Waals surface area (Å²) in [5.74, 6) is 0.479. The van der Waals surface area contributed by atoms with Crippen molar-refractivity contribution < 1.29 is 9.59 Å². The highest BCUT2D eigenvalue weighted by Crippen LogP contribution is 2.40. The van der Waals surface area contributed by atoms with Crippen molar-refractivity contribution in [1.82, 2.24) is 19.9 Å². The number of carbonyl (C=O) groups excluding carboxylic acids is 2. The summed E-state index contributed by atoms with van der Waals surface area (Å²) in [6.07, 6.45) is 6.37. The van der Waals surface area contributed by atoms with E-state index in [0.717, 1.165) is 25.7 Å². The number of carbonyl (C=O) groups is 2. The fraction of sp³-hybridized carbons (Fsp3) is 0.450. The van der Waals surface area contributed by atoms with E-state index in [9.17, 15) is 14.4 Å². The predicted molar refractivity (Wildman–Crippen MR) is 111 cm³/mol. The van der Waals surface area contributed by atoms with E-state index in [1.54, 1.807) is 18.0 Å². The molecule has 2 fully saturated rings. The quantitative estimate of drug-likeness (QED) is 0.773. The SMILES string of the molecule is CN(c1cc(NC(=O)C2CC2)ncn1)c1cc(Cl)c2n(c1=O)C1(CCCC1)NC2=O. The molecule has 1 spiro atoms. The standard InChI is InChI=1S/C20H21ClN6O3/c1-26(15-9-14(22-10-23-15)24-17(28)11-4-5-11)13-8-12(21)16-18(29)25-20(6-2-3-7-20)27(16)19(13)30/h8-11H,2-7H2,1H3,(H,25,29)(H,22,23,24,28). The van der Waals surface area contributed by atoms with Gasteiger partial charge in [-0.2, -0.15) is 0 Å². The second-order valence-electron chi connectivity index (χ2n) is 8.14. The minimum atomic E-state index is -0.709. The molecule has 2 saturated carbocycles. The van der Waals surface area contributed by atoms with Crippen molar-refractivity contribution in [3.63, 3.8) is 0 Å². The van der Waals surface area contributed by atoms with Gasteiger partial charge in [-0.1, -0.05) is 11.6 Å². The molecule has 2 aliphatic carbocycles. The second-order valence-corrected chi connectivity index (χ2v) is 8.55. The van der Waals surface area contributed by atoms with Crippen LogP contribution in [-0.4, -0.2) is 33.4 Å².